The SMILES string of the molecule is O=C1CCC(n2ccnc2)c2ccc(Br)cc21. The molecule has 0 radical (unpaired) electrons. The van der Waals surface area contributed by atoms with Crippen molar-refractivity contribution in [2.24, 2.45) is 0 Å². The average Bonchev–Trinajstić information content (AvgIpc) is 2.84. The van der Waals surface area contributed by atoms with Crippen molar-refractivity contribution >= 4 is 21.7 Å². The van der Waals surface area contributed by atoms with E-state index >= 15 is 0 Å². The summed E-state index contributed by atoms with van der Waals surface area (Å²) in [6, 6.07) is 6.17. The van der Waals surface area contributed by atoms with E-state index in [0.717, 1.165) is 22.0 Å². The van der Waals surface area contributed by atoms with E-state index in [2.05, 4.69) is 25.5 Å². The minimum atomic E-state index is 0.234. The Bertz CT molecular complexity index is 563. The molecule has 2 aromatic rings. The first-order chi connectivity index (χ1) is 8.25. The Hall–Kier alpha value is -1.42. The summed E-state index contributed by atoms with van der Waals surface area (Å²) in [5.41, 5.74) is 1.94. The Morgan fingerprint density at radius 1 is 1.41 bits per heavy atom. The number of nitrogens with zero attached hydrogens (tertiary/aromatic N) is 2. The van der Waals surface area contributed by atoms with Crippen molar-refractivity contribution < 1.29 is 4.79 Å². The fraction of sp³-hybridized carbons (Fsp3) is 0.231. The van der Waals surface area contributed by atoms with Crippen LogP contribution in [0.2, 0.25) is 0 Å². The molecule has 1 heterocycles. The molecule has 3 rings (SSSR count). The van der Waals surface area contributed by atoms with E-state index in [4.69, 9.17) is 0 Å². The van der Waals surface area contributed by atoms with Gasteiger partial charge in [0.15, 0.2) is 5.78 Å². The summed E-state index contributed by atoms with van der Waals surface area (Å²) in [6.07, 6.45) is 6.99. The highest BCUT2D eigenvalue weighted by Gasteiger charge is 2.26. The highest BCUT2D eigenvalue weighted by atomic mass is 79.9. The van der Waals surface area contributed by atoms with E-state index in [1.54, 1.807) is 6.20 Å². The molecular formula is C13H11BrN2O. The second-order valence-electron chi connectivity index (χ2n) is 4.22. The second-order valence-corrected chi connectivity index (χ2v) is 5.13. The third-order valence-corrected chi connectivity index (χ3v) is 3.70. The van der Waals surface area contributed by atoms with Crippen molar-refractivity contribution in [2.75, 3.05) is 0 Å². The van der Waals surface area contributed by atoms with Gasteiger partial charge in [-0.25, -0.2) is 4.98 Å². The third kappa shape index (κ3) is 1.82. The fourth-order valence-electron chi connectivity index (χ4n) is 2.38. The largest absolute Gasteiger partial charge is 0.330 e. The predicted octanol–water partition coefficient (Wildman–Crippen LogP) is 3.21. The first-order valence-electron chi connectivity index (χ1n) is 5.56. The standard InChI is InChI=1S/C13H11BrN2O/c14-9-1-2-10-11(7-9)13(17)4-3-12(10)16-6-5-15-8-16/h1-2,5-8,12H,3-4H2. The lowest BCUT2D eigenvalue weighted by atomic mass is 9.87. The van der Waals surface area contributed by atoms with Gasteiger partial charge in [0.05, 0.1) is 12.4 Å². The predicted molar refractivity (Wildman–Crippen MR) is 68.1 cm³/mol. The van der Waals surface area contributed by atoms with Crippen LogP contribution in [-0.2, 0) is 0 Å². The summed E-state index contributed by atoms with van der Waals surface area (Å²) < 4.78 is 3.02. The zero-order chi connectivity index (χ0) is 11.8. The van der Waals surface area contributed by atoms with Crippen LogP contribution in [0.4, 0.5) is 0 Å². The molecule has 1 aliphatic carbocycles. The van der Waals surface area contributed by atoms with Gasteiger partial charge in [0, 0.05) is 28.9 Å². The number of benzene rings is 1. The molecule has 1 atom stereocenters. The molecule has 0 fully saturated rings. The van der Waals surface area contributed by atoms with E-state index in [1.165, 1.54) is 0 Å². The van der Waals surface area contributed by atoms with Crippen LogP contribution in [0, 0.1) is 0 Å². The Morgan fingerprint density at radius 2 is 2.29 bits per heavy atom. The Labute approximate surface area is 108 Å². The maximum absolute atomic E-state index is 11.9. The van der Waals surface area contributed by atoms with Crippen LogP contribution >= 0.6 is 15.9 Å². The molecule has 1 aliphatic rings. The normalized spacial score (nSPS) is 19.1. The maximum atomic E-state index is 11.9. The lowest BCUT2D eigenvalue weighted by molar-refractivity contribution is 0.0964. The van der Waals surface area contributed by atoms with Gasteiger partial charge < -0.3 is 4.57 Å². The molecule has 17 heavy (non-hydrogen) atoms. The van der Waals surface area contributed by atoms with E-state index < -0.39 is 0 Å². The van der Waals surface area contributed by atoms with Gasteiger partial charge in [0.1, 0.15) is 0 Å². The lowest BCUT2D eigenvalue weighted by Crippen LogP contribution is -2.20. The summed E-state index contributed by atoms with van der Waals surface area (Å²) in [5.74, 6) is 0.234. The minimum absolute atomic E-state index is 0.234. The zero-order valence-electron chi connectivity index (χ0n) is 9.14. The van der Waals surface area contributed by atoms with Gasteiger partial charge in [-0.3, -0.25) is 4.79 Å². The van der Waals surface area contributed by atoms with Crippen molar-refractivity contribution in [3.8, 4) is 0 Å². The minimum Gasteiger partial charge on any atom is -0.330 e. The van der Waals surface area contributed by atoms with Gasteiger partial charge in [-0.2, -0.15) is 0 Å². The second kappa shape index (κ2) is 4.11. The summed E-state index contributed by atoms with van der Waals surface area (Å²) in [7, 11) is 0. The van der Waals surface area contributed by atoms with Gasteiger partial charge >= 0.3 is 0 Å². The van der Waals surface area contributed by atoms with Gasteiger partial charge in [0.25, 0.3) is 0 Å². The molecule has 0 aliphatic heterocycles. The number of fused-ring (bicyclic) bond motifs is 1. The zero-order valence-corrected chi connectivity index (χ0v) is 10.7. The van der Waals surface area contributed by atoms with E-state index in [0.29, 0.717) is 6.42 Å². The number of Topliss-reactive ketones (excluding diaryl/α,β-unsaturated/α-hetero) is 1. The number of aromatic nitrogens is 2. The van der Waals surface area contributed by atoms with Gasteiger partial charge in [-0.15, -0.1) is 0 Å². The molecule has 86 valence electrons. The Kier molecular flexibility index (Phi) is 2.59. The summed E-state index contributed by atoms with van der Waals surface area (Å²) >= 11 is 3.42. The van der Waals surface area contributed by atoms with Crippen molar-refractivity contribution in [1.29, 1.82) is 0 Å². The molecular weight excluding hydrogens is 280 g/mol. The van der Waals surface area contributed by atoms with Crippen LogP contribution in [0.3, 0.4) is 0 Å². The van der Waals surface area contributed by atoms with Crippen molar-refractivity contribution in [3.05, 3.63) is 52.5 Å². The summed E-state index contributed by atoms with van der Waals surface area (Å²) in [6.45, 7) is 0. The number of carbonyl (C=O) groups is 1. The van der Waals surface area contributed by atoms with Crippen molar-refractivity contribution in [2.45, 2.75) is 18.9 Å². The maximum Gasteiger partial charge on any atom is 0.163 e. The van der Waals surface area contributed by atoms with E-state index in [-0.39, 0.29) is 11.8 Å². The number of ketones is 1. The smallest absolute Gasteiger partial charge is 0.163 e. The summed E-state index contributed by atoms with van der Waals surface area (Å²) in [4.78, 5) is 16.0. The average molecular weight is 291 g/mol. The molecule has 0 bridgehead atoms. The fourth-order valence-corrected chi connectivity index (χ4v) is 2.74. The number of hydrogen-bond donors (Lipinski definition) is 0. The number of imidazole rings is 1. The van der Waals surface area contributed by atoms with Gasteiger partial charge in [0.2, 0.25) is 0 Å². The monoisotopic (exact) mass is 290 g/mol. The third-order valence-electron chi connectivity index (χ3n) is 3.20. The molecule has 1 unspecified atom stereocenters. The van der Waals surface area contributed by atoms with Gasteiger partial charge in [-0.05, 0) is 24.1 Å². The first kappa shape index (κ1) is 10.7. The molecule has 0 N–H and O–H groups in total. The topological polar surface area (TPSA) is 34.9 Å². The highest BCUT2D eigenvalue weighted by Crippen LogP contribution is 2.34. The van der Waals surface area contributed by atoms with Crippen LogP contribution in [-0.4, -0.2) is 15.3 Å². The number of hydrogen-bond acceptors (Lipinski definition) is 2. The molecule has 4 heteroatoms. The molecule has 3 nitrogen and oxygen atoms in total. The van der Waals surface area contributed by atoms with Gasteiger partial charge in [-0.1, -0.05) is 22.0 Å². The molecule has 1 aromatic carbocycles. The van der Waals surface area contributed by atoms with Crippen LogP contribution in [0.1, 0.15) is 34.8 Å². The van der Waals surface area contributed by atoms with Crippen LogP contribution in [0.15, 0.2) is 41.4 Å². The quantitative estimate of drug-likeness (QED) is 0.808. The van der Waals surface area contributed by atoms with Crippen LogP contribution in [0.5, 0.6) is 0 Å². The highest BCUT2D eigenvalue weighted by molar-refractivity contribution is 9.10. The molecule has 0 spiro atoms. The first-order valence-corrected chi connectivity index (χ1v) is 6.35. The molecule has 0 saturated heterocycles. The Balaban J connectivity index is 2.12. The van der Waals surface area contributed by atoms with E-state index in [9.17, 15) is 4.79 Å². The number of rotatable bonds is 1. The van der Waals surface area contributed by atoms with Crippen molar-refractivity contribution in [1.82, 2.24) is 9.55 Å². The molecule has 0 saturated carbocycles. The summed E-state index contributed by atoms with van der Waals surface area (Å²) in [5, 5.41) is 0. The Morgan fingerprint density at radius 3 is 3.06 bits per heavy atom. The lowest BCUT2D eigenvalue weighted by Gasteiger charge is -2.25. The van der Waals surface area contributed by atoms with E-state index in [1.807, 2.05) is 30.7 Å². The number of carbonyl (C=O) groups excluding carboxylic acids is 1. The molecule has 1 aromatic heterocycles. The van der Waals surface area contributed by atoms with Crippen LogP contribution < -0.4 is 0 Å². The van der Waals surface area contributed by atoms with Crippen LogP contribution in [0.25, 0.3) is 0 Å². The van der Waals surface area contributed by atoms with Crippen molar-refractivity contribution in [3.63, 3.8) is 0 Å². The molecule has 0 amide bonds. The number of halogens is 1.